The molecule has 1 aliphatic rings. The van der Waals surface area contributed by atoms with Gasteiger partial charge < -0.3 is 10.5 Å². The van der Waals surface area contributed by atoms with E-state index >= 15 is 0 Å². The van der Waals surface area contributed by atoms with Crippen LogP contribution in [0.3, 0.4) is 0 Å². The van der Waals surface area contributed by atoms with Crippen LogP contribution < -0.4 is 5.73 Å². The van der Waals surface area contributed by atoms with Gasteiger partial charge in [-0.15, -0.1) is 0 Å². The molecule has 1 aliphatic heterocycles. The lowest BCUT2D eigenvalue weighted by Gasteiger charge is -2.03. The third-order valence-electron chi connectivity index (χ3n) is 1.62. The molecule has 0 aromatic rings. The van der Waals surface area contributed by atoms with E-state index in [9.17, 15) is 0 Å². The van der Waals surface area contributed by atoms with Gasteiger partial charge in [0.25, 0.3) is 0 Å². The summed E-state index contributed by atoms with van der Waals surface area (Å²) in [5.74, 6) is 0.549. The Morgan fingerprint density at radius 2 is 2.11 bits per heavy atom. The molecule has 0 spiro atoms. The largest absolute Gasteiger partial charge is 0.400 e. The Bertz CT molecular complexity index is 138. The lowest BCUT2D eigenvalue weighted by molar-refractivity contribution is 0.200. The number of hydrogen-bond acceptors (Lipinski definition) is 2. The lowest BCUT2D eigenvalue weighted by Crippen LogP contribution is -2.04. The van der Waals surface area contributed by atoms with Gasteiger partial charge >= 0.3 is 0 Å². The van der Waals surface area contributed by atoms with Crippen LogP contribution in [0.4, 0.5) is 0 Å². The fourth-order valence-electron chi connectivity index (χ4n) is 0.994. The van der Waals surface area contributed by atoms with Crippen LogP contribution in [0.25, 0.3) is 0 Å². The highest BCUT2D eigenvalue weighted by Crippen LogP contribution is 2.17. The van der Waals surface area contributed by atoms with E-state index in [1.54, 1.807) is 0 Å². The second kappa shape index (κ2) is 2.40. The van der Waals surface area contributed by atoms with E-state index in [0.717, 1.165) is 12.3 Å². The Morgan fingerprint density at radius 1 is 1.44 bits per heavy atom. The van der Waals surface area contributed by atoms with Crippen molar-refractivity contribution in [3.63, 3.8) is 0 Å². The molecule has 2 N–H and O–H groups in total. The van der Waals surface area contributed by atoms with Crippen LogP contribution in [0, 0.1) is 5.92 Å². The van der Waals surface area contributed by atoms with Crippen LogP contribution in [-0.2, 0) is 4.74 Å². The molecule has 0 radical (unpaired) electrons. The third kappa shape index (κ3) is 1.24. The van der Waals surface area contributed by atoms with Gasteiger partial charge in [-0.1, -0.05) is 13.8 Å². The Kier molecular flexibility index (Phi) is 1.76. The highest BCUT2D eigenvalue weighted by atomic mass is 16.5. The minimum atomic E-state index is 0.549. The van der Waals surface area contributed by atoms with Crippen molar-refractivity contribution in [2.75, 3.05) is 13.2 Å². The summed E-state index contributed by atoms with van der Waals surface area (Å²) in [6.07, 6.45) is 0. The number of rotatable bonds is 1. The van der Waals surface area contributed by atoms with Crippen LogP contribution in [0.2, 0.25) is 0 Å². The van der Waals surface area contributed by atoms with Crippen LogP contribution in [0.15, 0.2) is 11.3 Å². The molecule has 0 amide bonds. The Balaban J connectivity index is 2.66. The topological polar surface area (TPSA) is 35.2 Å². The third-order valence-corrected chi connectivity index (χ3v) is 1.62. The van der Waals surface area contributed by atoms with E-state index in [1.807, 2.05) is 0 Å². The summed E-state index contributed by atoms with van der Waals surface area (Å²) >= 11 is 0. The highest BCUT2D eigenvalue weighted by Gasteiger charge is 2.14. The molecule has 0 aliphatic carbocycles. The Labute approximate surface area is 55.7 Å². The first-order valence-electron chi connectivity index (χ1n) is 3.27. The van der Waals surface area contributed by atoms with Gasteiger partial charge in [0.15, 0.2) is 0 Å². The minimum absolute atomic E-state index is 0.549. The van der Waals surface area contributed by atoms with Crippen molar-refractivity contribution in [3.05, 3.63) is 11.3 Å². The molecule has 0 fully saturated rings. The fraction of sp³-hybridized carbons (Fsp3) is 0.714. The van der Waals surface area contributed by atoms with Crippen molar-refractivity contribution in [2.45, 2.75) is 13.8 Å². The number of nitrogens with two attached hydrogens (primary N) is 1. The monoisotopic (exact) mass is 127 g/mol. The first-order valence-corrected chi connectivity index (χ1v) is 3.27. The molecule has 0 bridgehead atoms. The fourth-order valence-corrected chi connectivity index (χ4v) is 0.994. The summed E-state index contributed by atoms with van der Waals surface area (Å²) in [4.78, 5) is 0. The van der Waals surface area contributed by atoms with Gasteiger partial charge in [-0.05, 0) is 11.5 Å². The zero-order chi connectivity index (χ0) is 6.85. The predicted octanol–water partition coefficient (Wildman–Crippen LogP) is 0.885. The maximum atomic E-state index is 5.63. The normalized spacial score (nSPS) is 19.9. The smallest absolute Gasteiger partial charge is 0.0865 e. The first-order chi connectivity index (χ1) is 4.22. The maximum Gasteiger partial charge on any atom is 0.0865 e. The molecule has 0 atom stereocenters. The molecule has 0 saturated heterocycles. The quantitative estimate of drug-likeness (QED) is 0.567. The van der Waals surface area contributed by atoms with E-state index in [-0.39, 0.29) is 0 Å². The molecule has 2 heteroatoms. The van der Waals surface area contributed by atoms with Crippen LogP contribution >= 0.6 is 0 Å². The van der Waals surface area contributed by atoms with Gasteiger partial charge in [0.2, 0.25) is 0 Å². The van der Waals surface area contributed by atoms with E-state index in [2.05, 4.69) is 13.8 Å². The summed E-state index contributed by atoms with van der Waals surface area (Å²) in [6.45, 7) is 5.64. The van der Waals surface area contributed by atoms with Gasteiger partial charge in [0, 0.05) is 5.70 Å². The van der Waals surface area contributed by atoms with E-state index in [0.29, 0.717) is 12.5 Å². The van der Waals surface area contributed by atoms with Gasteiger partial charge in [-0.25, -0.2) is 0 Å². The lowest BCUT2D eigenvalue weighted by atomic mass is 10.0. The first kappa shape index (κ1) is 6.62. The summed E-state index contributed by atoms with van der Waals surface area (Å²) in [5, 5.41) is 0. The predicted molar refractivity (Wildman–Crippen MR) is 36.9 cm³/mol. The molecule has 52 valence electrons. The average Bonchev–Trinajstić information content (AvgIpc) is 2.13. The molecule has 9 heavy (non-hydrogen) atoms. The van der Waals surface area contributed by atoms with Crippen molar-refractivity contribution in [1.82, 2.24) is 0 Å². The summed E-state index contributed by atoms with van der Waals surface area (Å²) in [5.41, 5.74) is 7.84. The van der Waals surface area contributed by atoms with Gasteiger partial charge in [-0.2, -0.15) is 0 Å². The second-order valence-corrected chi connectivity index (χ2v) is 2.70. The number of ether oxygens (including phenoxy) is 1. The average molecular weight is 127 g/mol. The minimum Gasteiger partial charge on any atom is -0.400 e. The maximum absolute atomic E-state index is 5.63. The molecule has 2 nitrogen and oxygen atoms in total. The van der Waals surface area contributed by atoms with Crippen molar-refractivity contribution in [1.29, 1.82) is 0 Å². The summed E-state index contributed by atoms with van der Waals surface area (Å²) < 4.78 is 5.13. The standard InChI is InChI=1S/C7H13NO/c1-5(2)6-3-9-4-7(6)8/h5H,3-4,8H2,1-2H3. The SMILES string of the molecule is CC(C)C1=C(N)COC1. The van der Waals surface area contributed by atoms with Crippen molar-refractivity contribution < 1.29 is 4.74 Å². The molecule has 1 rings (SSSR count). The second-order valence-electron chi connectivity index (χ2n) is 2.70. The molecule has 0 aromatic carbocycles. The number of hydrogen-bond donors (Lipinski definition) is 1. The zero-order valence-electron chi connectivity index (χ0n) is 5.98. The van der Waals surface area contributed by atoms with Crippen molar-refractivity contribution >= 4 is 0 Å². The van der Waals surface area contributed by atoms with Crippen LogP contribution in [-0.4, -0.2) is 13.2 Å². The van der Waals surface area contributed by atoms with E-state index in [4.69, 9.17) is 10.5 Å². The van der Waals surface area contributed by atoms with Crippen LogP contribution in [0.5, 0.6) is 0 Å². The molecule has 0 aromatic heterocycles. The Hall–Kier alpha value is -0.500. The van der Waals surface area contributed by atoms with Crippen molar-refractivity contribution in [2.24, 2.45) is 11.7 Å². The molecular formula is C7H13NO. The zero-order valence-corrected chi connectivity index (χ0v) is 5.98. The van der Waals surface area contributed by atoms with E-state index in [1.165, 1.54) is 5.57 Å². The van der Waals surface area contributed by atoms with Crippen molar-refractivity contribution in [3.8, 4) is 0 Å². The van der Waals surface area contributed by atoms with Gasteiger partial charge in [-0.3, -0.25) is 0 Å². The molecule has 0 saturated carbocycles. The van der Waals surface area contributed by atoms with Crippen LogP contribution in [0.1, 0.15) is 13.8 Å². The highest BCUT2D eigenvalue weighted by molar-refractivity contribution is 5.17. The van der Waals surface area contributed by atoms with Gasteiger partial charge in [0.05, 0.1) is 13.2 Å². The summed E-state index contributed by atoms with van der Waals surface area (Å²) in [7, 11) is 0. The van der Waals surface area contributed by atoms with Gasteiger partial charge in [0.1, 0.15) is 0 Å². The molecule has 1 heterocycles. The molecule has 0 unspecified atom stereocenters. The molecular weight excluding hydrogens is 114 g/mol. The summed E-state index contributed by atoms with van der Waals surface area (Å²) in [6, 6.07) is 0. The Morgan fingerprint density at radius 3 is 2.33 bits per heavy atom. The van der Waals surface area contributed by atoms with E-state index < -0.39 is 0 Å².